The van der Waals surface area contributed by atoms with Gasteiger partial charge in [0.2, 0.25) is 18.1 Å². The number of nitrogens with zero attached hydrogens (tertiary/aromatic N) is 4. The lowest BCUT2D eigenvalue weighted by Gasteiger charge is -2.17. The van der Waals surface area contributed by atoms with Gasteiger partial charge in [-0.3, -0.25) is 14.6 Å². The van der Waals surface area contributed by atoms with Crippen molar-refractivity contribution in [2.24, 2.45) is 4.99 Å². The van der Waals surface area contributed by atoms with Crippen LogP contribution in [-0.4, -0.2) is 120 Å². The number of amides is 2. The van der Waals surface area contributed by atoms with Crippen LogP contribution in [0.5, 0.6) is 0 Å². The van der Waals surface area contributed by atoms with Crippen molar-refractivity contribution in [2.75, 3.05) is 67.1 Å². The highest BCUT2D eigenvalue weighted by Gasteiger charge is 2.30. The molecule has 0 bridgehead atoms. The van der Waals surface area contributed by atoms with E-state index in [2.05, 4.69) is 22.2 Å². The Morgan fingerprint density at radius 3 is 1.82 bits per heavy atom. The van der Waals surface area contributed by atoms with Gasteiger partial charge >= 0.3 is 0 Å². The van der Waals surface area contributed by atoms with Gasteiger partial charge in [0.15, 0.2) is 6.20 Å². The third-order valence-electron chi connectivity index (χ3n) is 9.12. The number of aliphatic hydroxyl groups is 4. The van der Waals surface area contributed by atoms with E-state index < -0.39 is 24.4 Å². The van der Waals surface area contributed by atoms with Gasteiger partial charge in [-0.25, -0.2) is 0 Å². The maximum absolute atomic E-state index is 12.7. The zero-order valence-corrected chi connectivity index (χ0v) is 32.9. The number of rotatable bonds is 19. The predicted octanol–water partition coefficient (Wildman–Crippen LogP) is 2.74. The van der Waals surface area contributed by atoms with Crippen LogP contribution in [-0.2, 0) is 16.1 Å². The number of hydrogen-bond acceptors (Lipinski definition) is 11. The van der Waals surface area contributed by atoms with Crippen LogP contribution < -0.4 is 25.0 Å². The minimum Gasteiger partial charge on any atom is -0.389 e. The molecule has 2 saturated heterocycles. The molecule has 2 aliphatic rings. The Bertz CT molecular complexity index is 1850. The maximum Gasteiger partial charge on any atom is 0.286 e. The van der Waals surface area contributed by atoms with E-state index in [1.165, 1.54) is 0 Å². The summed E-state index contributed by atoms with van der Waals surface area (Å²) < 4.78 is 1.90. The lowest BCUT2D eigenvalue weighted by Crippen LogP contribution is -2.45. The molecular weight excluding hydrogens is 749 g/mol. The number of aliphatic imine (C=N–C) groups is 1. The average molecular weight is 800 g/mol. The molecule has 0 radical (unpaired) electrons. The van der Waals surface area contributed by atoms with Gasteiger partial charge in [-0.15, -0.1) is 0 Å². The van der Waals surface area contributed by atoms with Crippen LogP contribution in [0, 0.1) is 0 Å². The summed E-state index contributed by atoms with van der Waals surface area (Å²) in [6.45, 7) is 6.54. The summed E-state index contributed by atoms with van der Waals surface area (Å²) in [7, 11) is 3.27. The molecule has 14 heteroatoms. The second-order valence-electron chi connectivity index (χ2n) is 13.4. The van der Waals surface area contributed by atoms with Crippen molar-refractivity contribution in [3.63, 3.8) is 0 Å². The summed E-state index contributed by atoms with van der Waals surface area (Å²) in [6, 6.07) is 21.5. The summed E-state index contributed by atoms with van der Waals surface area (Å²) in [6.07, 6.45) is 11.8. The zero-order valence-electron chi connectivity index (χ0n) is 31.3. The van der Waals surface area contributed by atoms with Crippen molar-refractivity contribution in [3.8, 4) is 0 Å². The first kappa shape index (κ1) is 42.4. The third-order valence-corrected chi connectivity index (χ3v) is 11.5. The second-order valence-corrected chi connectivity index (χ2v) is 16.1. The van der Waals surface area contributed by atoms with Crippen molar-refractivity contribution in [3.05, 3.63) is 121 Å². The third kappa shape index (κ3) is 13.5. The van der Waals surface area contributed by atoms with Crippen molar-refractivity contribution in [1.29, 1.82) is 0 Å². The summed E-state index contributed by atoms with van der Waals surface area (Å²) in [5.41, 5.74) is 5.34. The number of carbonyl (C=O) groups excluding carboxylic acids is 2. The number of nitrogens with one attached hydrogen (secondary N) is 2. The van der Waals surface area contributed by atoms with Crippen LogP contribution in [0.15, 0.2) is 109 Å². The maximum atomic E-state index is 12.7. The van der Waals surface area contributed by atoms with Gasteiger partial charge in [0.1, 0.15) is 6.54 Å². The quantitative estimate of drug-likeness (QED) is 0.0350. The lowest BCUT2D eigenvalue weighted by atomic mass is 10.1. The van der Waals surface area contributed by atoms with E-state index in [9.17, 15) is 30.0 Å². The van der Waals surface area contributed by atoms with Crippen molar-refractivity contribution in [1.82, 2.24) is 10.6 Å². The first-order chi connectivity index (χ1) is 27.2. The number of aromatic nitrogens is 1. The van der Waals surface area contributed by atoms with Gasteiger partial charge in [-0.05, 0) is 59.7 Å². The highest BCUT2D eigenvalue weighted by atomic mass is 33.1. The Hall–Kier alpha value is -4.70. The molecule has 4 atom stereocenters. The first-order valence-electron chi connectivity index (χ1n) is 18.6. The minimum atomic E-state index is -0.740. The smallest absolute Gasteiger partial charge is 0.286 e. The van der Waals surface area contributed by atoms with Crippen molar-refractivity contribution < 1.29 is 34.6 Å². The summed E-state index contributed by atoms with van der Waals surface area (Å²) in [5.74, 6) is 1.19. The molecule has 6 N–H and O–H groups in total. The molecule has 2 aliphatic heterocycles. The standard InChI is InChI=1S/C42H50N6O6S2/c1-2-3-6-33(14-8-31-10-16-35(17-11-31)47-26-37(49)38(50)27-47)45-25-41(53)43-20-23-55-56-24-21-44-42(54)30-46-22-5-4-7-34(46)15-9-32-12-18-36(19-13-32)48-28-39(51)40(52)29-48/h2-19,22,37-40,49-52H,1,20-21,23-30H2,(H-,43,44,53,54)/p+1/b6-3-,14-8-,45-33?. The number of anilines is 2. The number of carbonyl (C=O) groups is 2. The fraction of sp³-hybridized carbons (Fsp3) is 0.333. The first-order valence-corrected chi connectivity index (χ1v) is 21.1. The number of pyridine rings is 1. The van der Waals surface area contributed by atoms with Gasteiger partial charge in [0, 0.05) is 80.4 Å². The van der Waals surface area contributed by atoms with Crippen molar-refractivity contribution in [2.45, 2.75) is 31.0 Å². The predicted molar refractivity (Wildman–Crippen MR) is 229 cm³/mol. The Balaban J connectivity index is 0.956. The van der Waals surface area contributed by atoms with Gasteiger partial charge in [-0.1, -0.05) is 70.7 Å². The van der Waals surface area contributed by atoms with E-state index >= 15 is 0 Å². The molecule has 0 aliphatic carbocycles. The average Bonchev–Trinajstić information content (AvgIpc) is 3.73. The topological polar surface area (TPSA) is 162 Å². The van der Waals surface area contributed by atoms with Crippen molar-refractivity contribution >= 4 is 68.7 Å². The van der Waals surface area contributed by atoms with E-state index in [1.54, 1.807) is 39.8 Å². The van der Waals surface area contributed by atoms with Gasteiger partial charge in [-0.2, -0.15) is 4.57 Å². The van der Waals surface area contributed by atoms with E-state index in [-0.39, 0.29) is 24.9 Å². The van der Waals surface area contributed by atoms with Crippen LogP contribution in [0.25, 0.3) is 18.2 Å². The summed E-state index contributed by atoms with van der Waals surface area (Å²) in [5, 5.41) is 45.2. The van der Waals surface area contributed by atoms with E-state index in [0.29, 0.717) is 50.7 Å². The molecule has 56 heavy (non-hydrogen) atoms. The molecule has 2 aromatic carbocycles. The summed E-state index contributed by atoms with van der Waals surface area (Å²) >= 11 is 0. The van der Waals surface area contributed by atoms with Gasteiger partial charge in [0.25, 0.3) is 5.91 Å². The van der Waals surface area contributed by atoms with Crippen LogP contribution in [0.2, 0.25) is 0 Å². The molecule has 3 heterocycles. The van der Waals surface area contributed by atoms with E-state index in [1.807, 2.05) is 112 Å². The molecule has 0 spiro atoms. The van der Waals surface area contributed by atoms with Gasteiger partial charge in [0.05, 0.1) is 30.1 Å². The number of benzene rings is 2. The second kappa shape index (κ2) is 22.1. The molecule has 0 saturated carbocycles. The van der Waals surface area contributed by atoms with Crippen LogP contribution in [0.1, 0.15) is 16.8 Å². The molecule has 2 fully saturated rings. The van der Waals surface area contributed by atoms with E-state index in [0.717, 1.165) is 33.9 Å². The molecule has 296 valence electrons. The Kier molecular flexibility index (Phi) is 16.8. The monoisotopic (exact) mass is 799 g/mol. The van der Waals surface area contributed by atoms with Gasteiger partial charge < -0.3 is 40.9 Å². The fourth-order valence-electron chi connectivity index (χ4n) is 6.04. The highest BCUT2D eigenvalue weighted by molar-refractivity contribution is 8.76. The largest absolute Gasteiger partial charge is 0.389 e. The fourth-order valence-corrected chi connectivity index (χ4v) is 7.85. The number of allylic oxidation sites excluding steroid dienone is 4. The number of hydrogen-bond donors (Lipinski definition) is 6. The van der Waals surface area contributed by atoms with Crippen LogP contribution in [0.4, 0.5) is 11.4 Å². The zero-order chi connectivity index (χ0) is 39.7. The minimum absolute atomic E-state index is 0.00861. The molecule has 5 rings (SSSR count). The normalized spacial score (nSPS) is 20.1. The lowest BCUT2D eigenvalue weighted by molar-refractivity contribution is -0.686. The molecule has 3 aromatic rings. The molecule has 12 nitrogen and oxygen atoms in total. The molecule has 2 amide bonds. The van der Waals surface area contributed by atoms with Crippen LogP contribution in [0.3, 0.4) is 0 Å². The number of β-amino-alcohol motifs (C(OH)–C–C–N with tert-alkyl or cyclic N) is 4. The highest BCUT2D eigenvalue weighted by Crippen LogP contribution is 2.23. The Labute approximate surface area is 336 Å². The SMILES string of the molecule is C=C/C=C\C(/C=C\c1ccc(N2CC(O)C(O)C2)cc1)=NCC(=O)NCCSSCCNC(=O)C[n+]1ccccc1/C=C/c1ccc(N2CC(O)C(O)C2)cc1. The number of aliphatic hydroxyl groups excluding tert-OH is 4. The Morgan fingerprint density at radius 1 is 0.732 bits per heavy atom. The molecular formula is C42H51N6O6S2+. The van der Waals surface area contributed by atoms with Crippen LogP contribution >= 0.6 is 21.6 Å². The molecule has 4 unspecified atom stereocenters. The Morgan fingerprint density at radius 2 is 1.27 bits per heavy atom. The summed E-state index contributed by atoms with van der Waals surface area (Å²) in [4.78, 5) is 33.5. The molecule has 1 aromatic heterocycles. The van der Waals surface area contributed by atoms with E-state index in [4.69, 9.17) is 0 Å².